The van der Waals surface area contributed by atoms with Crippen molar-refractivity contribution >= 4 is 0 Å². The molecule has 0 aromatic heterocycles. The summed E-state index contributed by atoms with van der Waals surface area (Å²) >= 11 is 0. The monoisotopic (exact) mass is 265 g/mol. The Labute approximate surface area is 117 Å². The van der Waals surface area contributed by atoms with Gasteiger partial charge >= 0.3 is 0 Å². The molecule has 0 saturated heterocycles. The maximum absolute atomic E-state index is 6.50. The summed E-state index contributed by atoms with van der Waals surface area (Å²) in [6.45, 7) is 8.36. The van der Waals surface area contributed by atoms with E-state index in [1.807, 2.05) is 6.92 Å². The average Bonchev–Trinajstić information content (AvgIpc) is 2.43. The zero-order chi connectivity index (χ0) is 14.6. The van der Waals surface area contributed by atoms with Gasteiger partial charge in [-0.1, -0.05) is 19.9 Å². The highest BCUT2D eigenvalue weighted by atomic mass is 16.5. The number of hydrogen-bond donors (Lipinski definition) is 1. The van der Waals surface area contributed by atoms with E-state index in [0.29, 0.717) is 0 Å². The lowest BCUT2D eigenvalue weighted by Crippen LogP contribution is -2.42. The molecule has 0 spiro atoms. The normalized spacial score (nSPS) is 13.4. The highest BCUT2D eigenvalue weighted by Gasteiger charge is 2.35. The lowest BCUT2D eigenvalue weighted by atomic mass is 9.82. The topological polar surface area (TPSA) is 44.5 Å². The number of methoxy groups -OCH3 is 2. The molecule has 0 amide bonds. The molecule has 0 aliphatic heterocycles. The second-order valence-corrected chi connectivity index (χ2v) is 5.13. The van der Waals surface area contributed by atoms with Gasteiger partial charge in [0.1, 0.15) is 5.75 Å². The summed E-state index contributed by atoms with van der Waals surface area (Å²) in [6, 6.07) is 4.05. The largest absolute Gasteiger partial charge is 0.496 e. The van der Waals surface area contributed by atoms with Gasteiger partial charge < -0.3 is 15.2 Å². The zero-order valence-corrected chi connectivity index (χ0v) is 13.0. The van der Waals surface area contributed by atoms with Gasteiger partial charge in [0.05, 0.1) is 18.8 Å². The van der Waals surface area contributed by atoms with Crippen molar-refractivity contribution in [2.24, 2.45) is 5.73 Å². The van der Waals surface area contributed by atoms with Crippen LogP contribution in [0, 0.1) is 13.8 Å². The van der Waals surface area contributed by atoms with Crippen LogP contribution in [0.3, 0.4) is 0 Å². The summed E-state index contributed by atoms with van der Waals surface area (Å²) in [5.41, 5.74) is 9.60. The van der Waals surface area contributed by atoms with Crippen LogP contribution in [-0.2, 0) is 4.74 Å². The maximum Gasteiger partial charge on any atom is 0.122 e. The fraction of sp³-hybridized carbons (Fsp3) is 0.625. The van der Waals surface area contributed by atoms with Gasteiger partial charge in [0.15, 0.2) is 0 Å². The fourth-order valence-electron chi connectivity index (χ4n) is 2.76. The molecular weight excluding hydrogens is 238 g/mol. The Kier molecular flexibility index (Phi) is 5.39. The molecule has 19 heavy (non-hydrogen) atoms. The number of aryl methyl sites for hydroxylation is 2. The molecule has 0 heterocycles. The molecule has 0 aliphatic carbocycles. The first-order valence-electron chi connectivity index (χ1n) is 6.91. The Morgan fingerprint density at radius 3 is 2.11 bits per heavy atom. The fourth-order valence-corrected chi connectivity index (χ4v) is 2.76. The van der Waals surface area contributed by atoms with E-state index < -0.39 is 0 Å². The van der Waals surface area contributed by atoms with Gasteiger partial charge in [0, 0.05) is 7.11 Å². The van der Waals surface area contributed by atoms with E-state index in [0.717, 1.165) is 35.3 Å². The Morgan fingerprint density at radius 2 is 1.68 bits per heavy atom. The molecule has 1 aromatic rings. The van der Waals surface area contributed by atoms with Crippen LogP contribution in [0.4, 0.5) is 0 Å². The molecule has 1 aromatic carbocycles. The molecule has 0 bridgehead atoms. The van der Waals surface area contributed by atoms with E-state index in [1.165, 1.54) is 0 Å². The highest BCUT2D eigenvalue weighted by molar-refractivity contribution is 5.43. The second-order valence-electron chi connectivity index (χ2n) is 5.13. The SMILES string of the molecule is CCC(CC)(OC)C(N)c1cc(C)c(OC)cc1C. The second kappa shape index (κ2) is 6.40. The molecular formula is C16H27NO2. The van der Waals surface area contributed by atoms with E-state index in [1.54, 1.807) is 14.2 Å². The van der Waals surface area contributed by atoms with Gasteiger partial charge in [0.25, 0.3) is 0 Å². The molecule has 1 unspecified atom stereocenters. The first-order valence-corrected chi connectivity index (χ1v) is 6.91. The van der Waals surface area contributed by atoms with Crippen molar-refractivity contribution in [1.82, 2.24) is 0 Å². The number of rotatable bonds is 6. The summed E-state index contributed by atoms with van der Waals surface area (Å²) in [4.78, 5) is 0. The Hall–Kier alpha value is -1.06. The molecule has 0 saturated carbocycles. The van der Waals surface area contributed by atoms with Crippen LogP contribution in [-0.4, -0.2) is 19.8 Å². The van der Waals surface area contributed by atoms with Crippen molar-refractivity contribution in [2.45, 2.75) is 52.2 Å². The summed E-state index contributed by atoms with van der Waals surface area (Å²) in [5, 5.41) is 0. The van der Waals surface area contributed by atoms with E-state index >= 15 is 0 Å². The van der Waals surface area contributed by atoms with E-state index in [4.69, 9.17) is 15.2 Å². The van der Waals surface area contributed by atoms with Gasteiger partial charge in [-0.2, -0.15) is 0 Å². The van der Waals surface area contributed by atoms with Crippen molar-refractivity contribution in [3.05, 3.63) is 28.8 Å². The van der Waals surface area contributed by atoms with Crippen LogP contribution < -0.4 is 10.5 Å². The molecule has 3 nitrogen and oxygen atoms in total. The standard InChI is InChI=1S/C16H27NO2/c1-7-16(8-2,19-6)15(17)13-9-12(4)14(18-5)10-11(13)3/h9-10,15H,7-8,17H2,1-6H3. The first-order chi connectivity index (χ1) is 8.95. The van der Waals surface area contributed by atoms with Gasteiger partial charge in [0.2, 0.25) is 0 Å². The van der Waals surface area contributed by atoms with Crippen LogP contribution in [0.25, 0.3) is 0 Å². The minimum absolute atomic E-state index is 0.128. The predicted octanol–water partition coefficient (Wildman–Crippen LogP) is 3.52. The van der Waals surface area contributed by atoms with Gasteiger partial charge in [-0.05, 0) is 49.4 Å². The molecule has 1 atom stereocenters. The number of hydrogen-bond acceptors (Lipinski definition) is 3. The Morgan fingerprint density at radius 1 is 1.11 bits per heavy atom. The third kappa shape index (κ3) is 2.93. The predicted molar refractivity (Wildman–Crippen MR) is 79.7 cm³/mol. The van der Waals surface area contributed by atoms with Crippen LogP contribution >= 0.6 is 0 Å². The van der Waals surface area contributed by atoms with Gasteiger partial charge in [-0.15, -0.1) is 0 Å². The molecule has 0 aliphatic rings. The van der Waals surface area contributed by atoms with Crippen molar-refractivity contribution < 1.29 is 9.47 Å². The first kappa shape index (κ1) is 16.0. The van der Waals surface area contributed by atoms with Crippen molar-refractivity contribution in [2.75, 3.05) is 14.2 Å². The van der Waals surface area contributed by atoms with E-state index in [9.17, 15) is 0 Å². The smallest absolute Gasteiger partial charge is 0.122 e. The summed E-state index contributed by atoms with van der Waals surface area (Å²) in [5.74, 6) is 0.907. The van der Waals surface area contributed by atoms with Crippen molar-refractivity contribution in [3.63, 3.8) is 0 Å². The molecule has 1 rings (SSSR count). The van der Waals surface area contributed by atoms with Crippen molar-refractivity contribution in [3.8, 4) is 5.75 Å². The highest BCUT2D eigenvalue weighted by Crippen LogP contribution is 2.36. The van der Waals surface area contributed by atoms with Gasteiger partial charge in [-0.3, -0.25) is 0 Å². The van der Waals surface area contributed by atoms with Crippen LogP contribution in [0.2, 0.25) is 0 Å². The molecule has 108 valence electrons. The molecule has 2 N–H and O–H groups in total. The van der Waals surface area contributed by atoms with E-state index in [-0.39, 0.29) is 11.6 Å². The zero-order valence-electron chi connectivity index (χ0n) is 13.0. The summed E-state index contributed by atoms with van der Waals surface area (Å²) in [7, 11) is 3.44. The number of benzene rings is 1. The van der Waals surface area contributed by atoms with Crippen LogP contribution in [0.15, 0.2) is 12.1 Å². The quantitative estimate of drug-likeness (QED) is 0.856. The minimum atomic E-state index is -0.300. The Bertz CT molecular complexity index is 417. The lowest BCUT2D eigenvalue weighted by molar-refractivity contribution is -0.0387. The molecule has 0 fully saturated rings. The van der Waals surface area contributed by atoms with Crippen molar-refractivity contribution in [1.29, 1.82) is 0 Å². The minimum Gasteiger partial charge on any atom is -0.496 e. The summed E-state index contributed by atoms with van der Waals surface area (Å²) in [6.07, 6.45) is 1.79. The summed E-state index contributed by atoms with van der Waals surface area (Å²) < 4.78 is 11.1. The lowest BCUT2D eigenvalue weighted by Gasteiger charge is -2.37. The van der Waals surface area contributed by atoms with Crippen LogP contribution in [0.5, 0.6) is 5.75 Å². The number of ether oxygens (including phenoxy) is 2. The third-order valence-electron chi connectivity index (χ3n) is 4.29. The maximum atomic E-state index is 6.50. The van der Waals surface area contributed by atoms with E-state index in [2.05, 4.69) is 32.9 Å². The average molecular weight is 265 g/mol. The Balaban J connectivity index is 3.25. The van der Waals surface area contributed by atoms with Crippen LogP contribution in [0.1, 0.15) is 49.4 Å². The molecule has 0 radical (unpaired) electrons. The van der Waals surface area contributed by atoms with Gasteiger partial charge in [-0.25, -0.2) is 0 Å². The third-order valence-corrected chi connectivity index (χ3v) is 4.29. The molecule has 3 heteroatoms. The number of nitrogens with two attached hydrogens (primary N) is 1.